The maximum Gasteiger partial charge on any atom is 0.416 e. The number of hydrogen-bond donors (Lipinski definition) is 2. The predicted octanol–water partition coefficient (Wildman–Crippen LogP) is 5.51. The van der Waals surface area contributed by atoms with Gasteiger partial charge in [0.25, 0.3) is 5.91 Å². The molecule has 0 bridgehead atoms. The van der Waals surface area contributed by atoms with Crippen LogP contribution in [-0.2, 0) is 12.7 Å². The fraction of sp³-hybridized carbons (Fsp3) is 0.417. The summed E-state index contributed by atoms with van der Waals surface area (Å²) >= 11 is 5.98. The van der Waals surface area contributed by atoms with Gasteiger partial charge in [-0.1, -0.05) is 29.3 Å². The van der Waals surface area contributed by atoms with Crippen LogP contribution in [0.1, 0.15) is 58.3 Å². The minimum Gasteiger partial charge on any atom is -0.370 e. The van der Waals surface area contributed by atoms with Gasteiger partial charge in [0.15, 0.2) is 0 Å². The highest BCUT2D eigenvalue weighted by Gasteiger charge is 2.32. The molecule has 4 nitrogen and oxygen atoms in total. The first-order chi connectivity index (χ1) is 15.2. The molecule has 2 aromatic carbocycles. The van der Waals surface area contributed by atoms with Crippen LogP contribution >= 0.6 is 11.6 Å². The first-order valence-corrected chi connectivity index (χ1v) is 11.1. The number of carbonyl (C=O) groups is 1. The van der Waals surface area contributed by atoms with Crippen molar-refractivity contribution in [3.63, 3.8) is 0 Å². The van der Waals surface area contributed by atoms with E-state index in [4.69, 9.17) is 11.6 Å². The summed E-state index contributed by atoms with van der Waals surface area (Å²) in [6, 6.07) is 9.11. The number of fused-ring (bicyclic) bond motifs is 1. The van der Waals surface area contributed by atoms with Crippen LogP contribution < -0.4 is 10.6 Å². The Balaban J connectivity index is 1.28. The van der Waals surface area contributed by atoms with Crippen LogP contribution in [0.3, 0.4) is 0 Å². The van der Waals surface area contributed by atoms with Gasteiger partial charge in [0.2, 0.25) is 0 Å². The van der Waals surface area contributed by atoms with Crippen LogP contribution in [0.4, 0.5) is 13.2 Å². The molecule has 0 aromatic heterocycles. The summed E-state index contributed by atoms with van der Waals surface area (Å²) in [7, 11) is 0. The van der Waals surface area contributed by atoms with Crippen LogP contribution in [0.15, 0.2) is 41.4 Å². The van der Waals surface area contributed by atoms with Crippen molar-refractivity contribution >= 4 is 23.3 Å². The molecule has 2 N–H and O–H groups in total. The number of aliphatic imine (C=N–C) groups is 1. The van der Waals surface area contributed by atoms with Gasteiger partial charge in [-0.2, -0.15) is 13.2 Å². The largest absolute Gasteiger partial charge is 0.416 e. The van der Waals surface area contributed by atoms with E-state index in [0.29, 0.717) is 12.5 Å². The van der Waals surface area contributed by atoms with E-state index in [1.54, 1.807) is 0 Å². The van der Waals surface area contributed by atoms with Crippen LogP contribution in [-0.4, -0.2) is 24.3 Å². The first kappa shape index (κ1) is 22.6. The second-order valence-corrected chi connectivity index (χ2v) is 9.00. The Morgan fingerprint density at radius 2 is 1.88 bits per heavy atom. The predicted molar refractivity (Wildman–Crippen MR) is 119 cm³/mol. The number of hydrogen-bond acceptors (Lipinski definition) is 3. The average Bonchev–Trinajstić information content (AvgIpc) is 3.14. The topological polar surface area (TPSA) is 53.5 Å². The van der Waals surface area contributed by atoms with Crippen molar-refractivity contribution in [3.05, 3.63) is 69.2 Å². The summed E-state index contributed by atoms with van der Waals surface area (Å²) in [4.78, 5) is 17.2. The SMILES string of the molecule is Cc1ccc2c(c1)C(NCC1CCC(NC(=O)c3cc(C(F)(F)F)ccc3Cl)CC1)=NC2. The van der Waals surface area contributed by atoms with Crippen molar-refractivity contribution in [2.75, 3.05) is 6.54 Å². The molecule has 1 aliphatic heterocycles. The number of nitrogens with zero attached hydrogens (tertiary/aromatic N) is 1. The molecule has 32 heavy (non-hydrogen) atoms. The van der Waals surface area contributed by atoms with E-state index < -0.39 is 17.6 Å². The lowest BCUT2D eigenvalue weighted by Crippen LogP contribution is -2.40. The van der Waals surface area contributed by atoms with E-state index >= 15 is 0 Å². The van der Waals surface area contributed by atoms with Gasteiger partial charge in [-0.25, -0.2) is 0 Å². The van der Waals surface area contributed by atoms with Crippen LogP contribution in [0.5, 0.6) is 0 Å². The lowest BCUT2D eigenvalue weighted by Gasteiger charge is -2.29. The molecule has 0 unspecified atom stereocenters. The summed E-state index contributed by atoms with van der Waals surface area (Å²) in [6.07, 6.45) is -1.13. The molecular weight excluding hydrogens is 439 g/mol. The van der Waals surface area contributed by atoms with E-state index in [0.717, 1.165) is 56.3 Å². The lowest BCUT2D eigenvalue weighted by molar-refractivity contribution is -0.137. The number of aryl methyl sites for hydroxylation is 1. The van der Waals surface area contributed by atoms with Gasteiger partial charge in [-0.05, 0) is 68.4 Å². The molecule has 1 saturated carbocycles. The zero-order valence-corrected chi connectivity index (χ0v) is 18.5. The molecular formula is C24H25ClF3N3O. The second kappa shape index (κ2) is 9.14. The number of benzene rings is 2. The molecule has 0 spiro atoms. The van der Waals surface area contributed by atoms with E-state index in [2.05, 4.69) is 40.7 Å². The van der Waals surface area contributed by atoms with Gasteiger partial charge in [-0.3, -0.25) is 9.79 Å². The van der Waals surface area contributed by atoms with Crippen LogP contribution in [0.25, 0.3) is 0 Å². The van der Waals surface area contributed by atoms with Crippen molar-refractivity contribution in [1.82, 2.24) is 10.6 Å². The second-order valence-electron chi connectivity index (χ2n) is 8.59. The number of carbonyl (C=O) groups excluding carboxylic acids is 1. The quantitative estimate of drug-likeness (QED) is 0.628. The van der Waals surface area contributed by atoms with Crippen molar-refractivity contribution in [3.8, 4) is 0 Å². The molecule has 1 fully saturated rings. The molecule has 8 heteroatoms. The average molecular weight is 464 g/mol. The molecule has 2 aliphatic rings. The Labute approximate surface area is 190 Å². The van der Waals surface area contributed by atoms with Gasteiger partial charge in [-0.15, -0.1) is 0 Å². The van der Waals surface area contributed by atoms with Gasteiger partial charge in [0.05, 0.1) is 22.7 Å². The van der Waals surface area contributed by atoms with Crippen LogP contribution in [0.2, 0.25) is 5.02 Å². The summed E-state index contributed by atoms with van der Waals surface area (Å²) in [5.41, 5.74) is 2.59. The summed E-state index contributed by atoms with van der Waals surface area (Å²) in [5.74, 6) is 0.838. The van der Waals surface area contributed by atoms with Crippen molar-refractivity contribution in [2.24, 2.45) is 10.9 Å². The first-order valence-electron chi connectivity index (χ1n) is 10.8. The fourth-order valence-corrected chi connectivity index (χ4v) is 4.54. The van der Waals surface area contributed by atoms with Gasteiger partial charge in [0, 0.05) is 18.2 Å². The molecule has 1 amide bonds. The normalized spacial score (nSPS) is 20.5. The van der Waals surface area contributed by atoms with Gasteiger partial charge < -0.3 is 10.6 Å². The number of rotatable bonds is 4. The van der Waals surface area contributed by atoms with Gasteiger partial charge in [0.1, 0.15) is 5.84 Å². The van der Waals surface area contributed by atoms with Gasteiger partial charge >= 0.3 is 6.18 Å². The Hall–Kier alpha value is -2.54. The van der Waals surface area contributed by atoms with E-state index in [1.165, 1.54) is 16.7 Å². The third-order valence-corrected chi connectivity index (χ3v) is 6.54. The maximum atomic E-state index is 13.0. The highest BCUT2D eigenvalue weighted by atomic mass is 35.5. The zero-order valence-electron chi connectivity index (χ0n) is 17.7. The molecule has 0 saturated heterocycles. The zero-order chi connectivity index (χ0) is 22.9. The van der Waals surface area contributed by atoms with Crippen molar-refractivity contribution < 1.29 is 18.0 Å². The third kappa shape index (κ3) is 5.09. The molecule has 2 aromatic rings. The molecule has 1 heterocycles. The minimum atomic E-state index is -4.52. The summed E-state index contributed by atoms with van der Waals surface area (Å²) < 4.78 is 38.9. The van der Waals surface area contributed by atoms with E-state index in [1.807, 2.05) is 0 Å². The number of alkyl halides is 3. The molecule has 0 radical (unpaired) electrons. The highest BCUT2D eigenvalue weighted by Crippen LogP contribution is 2.32. The summed E-state index contributed by atoms with van der Waals surface area (Å²) in [6.45, 7) is 3.58. The number of halogens is 4. The number of amidine groups is 1. The smallest absolute Gasteiger partial charge is 0.370 e. The highest BCUT2D eigenvalue weighted by molar-refractivity contribution is 6.33. The Kier molecular flexibility index (Phi) is 6.47. The lowest BCUT2D eigenvalue weighted by atomic mass is 9.85. The molecule has 170 valence electrons. The van der Waals surface area contributed by atoms with Crippen LogP contribution in [0, 0.1) is 12.8 Å². The van der Waals surface area contributed by atoms with Crippen molar-refractivity contribution in [2.45, 2.75) is 51.4 Å². The standard InChI is InChI=1S/C24H25ClF3N3O/c1-14-2-5-16-13-30-22(19(16)10-14)29-12-15-3-7-18(8-4-15)31-23(32)20-11-17(24(26,27)28)6-9-21(20)25/h2,5-6,9-11,15,18H,3-4,7-8,12-13H2,1H3,(H,29,30)(H,31,32). The molecule has 0 atom stereocenters. The number of nitrogens with one attached hydrogen (secondary N) is 2. The Bertz CT molecular complexity index is 1040. The monoisotopic (exact) mass is 463 g/mol. The Morgan fingerprint density at radius 1 is 1.12 bits per heavy atom. The number of amides is 1. The van der Waals surface area contributed by atoms with E-state index in [9.17, 15) is 18.0 Å². The van der Waals surface area contributed by atoms with E-state index in [-0.39, 0.29) is 16.6 Å². The Morgan fingerprint density at radius 3 is 2.59 bits per heavy atom. The summed E-state index contributed by atoms with van der Waals surface area (Å²) in [5, 5.41) is 6.35. The molecule has 4 rings (SSSR count). The molecule has 1 aliphatic carbocycles. The van der Waals surface area contributed by atoms with Crippen molar-refractivity contribution in [1.29, 1.82) is 0 Å². The third-order valence-electron chi connectivity index (χ3n) is 6.21. The maximum absolute atomic E-state index is 13.0. The minimum absolute atomic E-state index is 0.0150. The fourth-order valence-electron chi connectivity index (χ4n) is 4.34.